The predicted molar refractivity (Wildman–Crippen MR) is 358 cm³/mol. The van der Waals surface area contributed by atoms with Crippen LogP contribution in [0.4, 0.5) is 0 Å². The van der Waals surface area contributed by atoms with E-state index in [2.05, 4.69) is 81.5 Å². The number of carbonyl (C=O) groups excluding carboxylic acids is 3. The molecule has 82 heavy (non-hydrogen) atoms. The minimum absolute atomic E-state index is 0.0755. The van der Waals surface area contributed by atoms with E-state index in [1.165, 1.54) is 250 Å². The molecule has 0 fully saturated rings. The third kappa shape index (κ3) is 67.9. The van der Waals surface area contributed by atoms with Gasteiger partial charge in [0.1, 0.15) is 13.2 Å². The second-order valence-electron chi connectivity index (χ2n) is 24.5. The highest BCUT2D eigenvalue weighted by Crippen LogP contribution is 2.18. The SMILES string of the molecule is CC/C=C\C/C=C\C/C=C\C/C=C\CCCCCCCCC(=O)OC(COC(=O)CCCCCCCCCCCCCCCCC/C=C\CCCCCCCCCC)COC(=O)CCCCCCCCCCCCCCCCCCCC. The van der Waals surface area contributed by atoms with Gasteiger partial charge in [0.15, 0.2) is 6.10 Å². The van der Waals surface area contributed by atoms with Gasteiger partial charge >= 0.3 is 17.9 Å². The number of carbonyl (C=O) groups is 3. The summed E-state index contributed by atoms with van der Waals surface area (Å²) in [5, 5.41) is 0. The van der Waals surface area contributed by atoms with Crippen molar-refractivity contribution in [2.75, 3.05) is 13.2 Å². The van der Waals surface area contributed by atoms with Crippen molar-refractivity contribution in [3.63, 3.8) is 0 Å². The van der Waals surface area contributed by atoms with Crippen LogP contribution < -0.4 is 0 Å². The Hall–Kier alpha value is -2.89. The summed E-state index contributed by atoms with van der Waals surface area (Å²) >= 11 is 0. The van der Waals surface area contributed by atoms with Gasteiger partial charge in [-0.15, -0.1) is 0 Å². The molecule has 0 heterocycles. The van der Waals surface area contributed by atoms with Crippen molar-refractivity contribution >= 4 is 17.9 Å². The molecule has 6 heteroatoms. The van der Waals surface area contributed by atoms with Crippen LogP contribution in [0.15, 0.2) is 60.8 Å². The monoisotopic (exact) mass is 1150 g/mol. The van der Waals surface area contributed by atoms with Crippen molar-refractivity contribution in [3.8, 4) is 0 Å². The molecule has 0 saturated heterocycles. The topological polar surface area (TPSA) is 78.9 Å². The first kappa shape index (κ1) is 79.1. The number of ether oxygens (including phenoxy) is 3. The highest BCUT2D eigenvalue weighted by molar-refractivity contribution is 5.71. The highest BCUT2D eigenvalue weighted by atomic mass is 16.6. The van der Waals surface area contributed by atoms with Crippen LogP contribution in [0.2, 0.25) is 0 Å². The Morgan fingerprint density at radius 3 is 0.756 bits per heavy atom. The molecule has 0 aliphatic rings. The Kier molecular flexibility index (Phi) is 68.1. The third-order valence-electron chi connectivity index (χ3n) is 16.3. The Balaban J connectivity index is 4.29. The van der Waals surface area contributed by atoms with E-state index >= 15 is 0 Å². The summed E-state index contributed by atoms with van der Waals surface area (Å²) in [7, 11) is 0. The zero-order chi connectivity index (χ0) is 59.2. The van der Waals surface area contributed by atoms with Gasteiger partial charge in [0, 0.05) is 19.3 Å². The molecular weight excluding hydrogens is 1010 g/mol. The molecule has 0 amide bonds. The predicted octanol–water partition coefficient (Wildman–Crippen LogP) is 25.1. The molecule has 0 aromatic rings. The number of rotatable bonds is 67. The van der Waals surface area contributed by atoms with Gasteiger partial charge in [-0.3, -0.25) is 14.4 Å². The molecule has 478 valence electrons. The maximum Gasteiger partial charge on any atom is 0.306 e. The highest BCUT2D eigenvalue weighted by Gasteiger charge is 2.19. The van der Waals surface area contributed by atoms with Crippen molar-refractivity contribution in [1.82, 2.24) is 0 Å². The van der Waals surface area contributed by atoms with Crippen LogP contribution in [0.3, 0.4) is 0 Å². The Morgan fingerprint density at radius 2 is 0.476 bits per heavy atom. The summed E-state index contributed by atoms with van der Waals surface area (Å²) in [6, 6.07) is 0. The molecule has 0 saturated carbocycles. The first-order valence-corrected chi connectivity index (χ1v) is 36.3. The quantitative estimate of drug-likeness (QED) is 0.0261. The van der Waals surface area contributed by atoms with Gasteiger partial charge in [-0.25, -0.2) is 0 Å². The van der Waals surface area contributed by atoms with Gasteiger partial charge in [-0.05, 0) is 83.5 Å². The average molecular weight is 1150 g/mol. The lowest BCUT2D eigenvalue weighted by Crippen LogP contribution is -2.30. The van der Waals surface area contributed by atoms with Crippen LogP contribution in [-0.2, 0) is 28.6 Å². The van der Waals surface area contributed by atoms with Gasteiger partial charge < -0.3 is 14.2 Å². The summed E-state index contributed by atoms with van der Waals surface area (Å²) < 4.78 is 17.0. The molecule has 0 aliphatic carbocycles. The van der Waals surface area contributed by atoms with Crippen LogP contribution in [-0.4, -0.2) is 37.2 Å². The summed E-state index contributed by atoms with van der Waals surface area (Å²) in [6.07, 6.45) is 91.1. The van der Waals surface area contributed by atoms with E-state index in [1.54, 1.807) is 0 Å². The molecule has 0 rings (SSSR count). The van der Waals surface area contributed by atoms with Crippen LogP contribution in [0.25, 0.3) is 0 Å². The summed E-state index contributed by atoms with van der Waals surface area (Å²) in [6.45, 7) is 6.59. The second-order valence-corrected chi connectivity index (χ2v) is 24.5. The lowest BCUT2D eigenvalue weighted by Gasteiger charge is -2.18. The van der Waals surface area contributed by atoms with Crippen molar-refractivity contribution in [1.29, 1.82) is 0 Å². The number of unbranched alkanes of at least 4 members (excludes halogenated alkanes) is 46. The average Bonchev–Trinajstić information content (AvgIpc) is 3.47. The fourth-order valence-corrected chi connectivity index (χ4v) is 10.8. The fourth-order valence-electron chi connectivity index (χ4n) is 10.8. The first-order valence-electron chi connectivity index (χ1n) is 36.3. The maximum atomic E-state index is 13.0. The van der Waals surface area contributed by atoms with Gasteiger partial charge in [0.25, 0.3) is 0 Å². The zero-order valence-electron chi connectivity index (χ0n) is 55.0. The van der Waals surface area contributed by atoms with E-state index in [1.807, 2.05) is 0 Å². The number of hydrogen-bond acceptors (Lipinski definition) is 6. The Labute approximate surface area is 510 Å². The maximum absolute atomic E-state index is 13.0. The van der Waals surface area contributed by atoms with E-state index in [4.69, 9.17) is 14.2 Å². The lowest BCUT2D eigenvalue weighted by atomic mass is 10.0. The van der Waals surface area contributed by atoms with Crippen LogP contribution in [0.1, 0.15) is 387 Å². The largest absolute Gasteiger partial charge is 0.462 e. The van der Waals surface area contributed by atoms with Crippen LogP contribution in [0.5, 0.6) is 0 Å². The molecular formula is C76H138O6. The summed E-state index contributed by atoms with van der Waals surface area (Å²) in [5.74, 6) is -0.862. The molecule has 0 bridgehead atoms. The van der Waals surface area contributed by atoms with Gasteiger partial charge in [-0.2, -0.15) is 0 Å². The third-order valence-corrected chi connectivity index (χ3v) is 16.3. The van der Waals surface area contributed by atoms with Crippen molar-refractivity contribution in [3.05, 3.63) is 60.8 Å². The number of hydrogen-bond donors (Lipinski definition) is 0. The molecule has 0 spiro atoms. The van der Waals surface area contributed by atoms with E-state index in [-0.39, 0.29) is 31.1 Å². The van der Waals surface area contributed by atoms with Gasteiger partial charge in [0.2, 0.25) is 0 Å². The van der Waals surface area contributed by atoms with Gasteiger partial charge in [0.05, 0.1) is 0 Å². The fraction of sp³-hybridized carbons (Fsp3) is 0.829. The molecule has 6 nitrogen and oxygen atoms in total. The number of esters is 3. The van der Waals surface area contributed by atoms with Crippen LogP contribution >= 0.6 is 0 Å². The van der Waals surface area contributed by atoms with E-state index < -0.39 is 6.10 Å². The standard InChI is InChI=1S/C76H138O6/c1-4-7-10-13-16-19-22-25-28-31-34-35-36-37-38-39-40-41-43-45-48-51-54-57-60-63-66-69-75(78)81-72-73(71-80-74(77)68-65-62-59-56-53-50-47-44-33-30-27-24-21-18-15-12-9-6-3)82-76(79)70-67-64-61-58-55-52-49-46-42-32-29-26-23-20-17-14-11-8-5-2/h8,11,17,20,26,29,31,34,42,46,73H,4-7,9-10,12-16,18-19,21-25,27-28,30,32-33,35-41,43-45,47-72H2,1-3H3/b11-8-,20-17-,29-26-,34-31-,46-42-. The summed E-state index contributed by atoms with van der Waals surface area (Å²) in [4.78, 5) is 38.5. The number of allylic oxidation sites excluding steroid dienone is 10. The summed E-state index contributed by atoms with van der Waals surface area (Å²) in [5.41, 5.74) is 0. The lowest BCUT2D eigenvalue weighted by molar-refractivity contribution is -0.167. The molecule has 1 atom stereocenters. The molecule has 1 unspecified atom stereocenters. The minimum Gasteiger partial charge on any atom is -0.462 e. The van der Waals surface area contributed by atoms with E-state index in [0.29, 0.717) is 19.3 Å². The van der Waals surface area contributed by atoms with Crippen molar-refractivity contribution in [2.24, 2.45) is 0 Å². The molecule has 0 aromatic heterocycles. The first-order chi connectivity index (χ1) is 40.5. The normalized spacial score (nSPS) is 12.4. The molecule has 0 radical (unpaired) electrons. The van der Waals surface area contributed by atoms with Crippen LogP contribution in [0, 0.1) is 0 Å². The van der Waals surface area contributed by atoms with E-state index in [9.17, 15) is 14.4 Å². The molecule has 0 N–H and O–H groups in total. The zero-order valence-corrected chi connectivity index (χ0v) is 55.0. The smallest absolute Gasteiger partial charge is 0.306 e. The van der Waals surface area contributed by atoms with Gasteiger partial charge in [-0.1, -0.05) is 345 Å². The van der Waals surface area contributed by atoms with Crippen molar-refractivity contribution < 1.29 is 28.6 Å². The second kappa shape index (κ2) is 70.6. The van der Waals surface area contributed by atoms with E-state index in [0.717, 1.165) is 96.3 Å². The molecule has 0 aromatic carbocycles. The Bertz CT molecular complexity index is 1460. The Morgan fingerprint density at radius 1 is 0.256 bits per heavy atom. The van der Waals surface area contributed by atoms with Crippen molar-refractivity contribution in [2.45, 2.75) is 393 Å². The minimum atomic E-state index is -0.782. The molecule has 0 aliphatic heterocycles.